The number of azo groups is 1. The Morgan fingerprint density at radius 3 is 2.36 bits per heavy atom. The maximum absolute atomic E-state index is 12.2. The number of rotatable bonds is 4. The third-order valence-electron chi connectivity index (χ3n) is 4.43. The summed E-state index contributed by atoms with van der Waals surface area (Å²) in [4.78, 5) is 12.2. The summed E-state index contributed by atoms with van der Waals surface area (Å²) < 4.78 is 1.74. The number of carbonyl (C=O) groups excluding carboxylic acids is 1. The van der Waals surface area contributed by atoms with Gasteiger partial charge in [0.15, 0.2) is 5.69 Å². The average Bonchev–Trinajstić information content (AvgIpc) is 3.00. The second kappa shape index (κ2) is 7.66. The molecule has 138 valence electrons. The minimum absolute atomic E-state index is 0.0410. The van der Waals surface area contributed by atoms with E-state index in [2.05, 4.69) is 10.2 Å². The topological polar surface area (TPSA) is 66.9 Å². The number of hydrogen-bond donors (Lipinski definition) is 1. The molecule has 0 aliphatic rings. The average molecular weight is 390 g/mol. The number of carbonyl (C=O) groups is 1. The predicted octanol–water partition coefficient (Wildman–Crippen LogP) is 5.97. The molecular weight excluding hydrogens is 374 g/mol. The van der Waals surface area contributed by atoms with Gasteiger partial charge in [0.1, 0.15) is 0 Å². The van der Waals surface area contributed by atoms with Gasteiger partial charge in [-0.25, -0.2) is 0 Å². The van der Waals surface area contributed by atoms with Crippen molar-refractivity contribution in [2.75, 3.05) is 0 Å². The Balaban J connectivity index is 1.73. The van der Waals surface area contributed by atoms with Crippen molar-refractivity contribution in [3.63, 3.8) is 0 Å². The lowest BCUT2D eigenvalue weighted by molar-refractivity contribution is 0.0995. The number of fused-ring (bicyclic) bond motifs is 1. The van der Waals surface area contributed by atoms with Crippen LogP contribution in [-0.4, -0.2) is 15.6 Å². The van der Waals surface area contributed by atoms with E-state index in [1.54, 1.807) is 41.0 Å². The zero-order valence-electron chi connectivity index (χ0n) is 14.8. The molecular formula is C22H16ClN3O2. The molecule has 1 heterocycles. The van der Waals surface area contributed by atoms with Gasteiger partial charge >= 0.3 is 0 Å². The summed E-state index contributed by atoms with van der Waals surface area (Å²) in [6.45, 7) is 0.436. The van der Waals surface area contributed by atoms with Crippen molar-refractivity contribution in [1.29, 1.82) is 0 Å². The summed E-state index contributed by atoms with van der Waals surface area (Å²) in [7, 11) is 0. The zero-order chi connectivity index (χ0) is 19.5. The molecule has 28 heavy (non-hydrogen) atoms. The van der Waals surface area contributed by atoms with E-state index in [4.69, 9.17) is 11.6 Å². The number of benzene rings is 3. The summed E-state index contributed by atoms with van der Waals surface area (Å²) in [5, 5.41) is 20.0. The maximum Gasteiger partial charge on any atom is 0.295 e. The van der Waals surface area contributed by atoms with Gasteiger partial charge in [-0.05, 0) is 35.9 Å². The van der Waals surface area contributed by atoms with E-state index in [1.165, 1.54) is 0 Å². The minimum atomic E-state index is -0.463. The molecule has 4 aromatic rings. The van der Waals surface area contributed by atoms with Gasteiger partial charge in [-0.1, -0.05) is 60.1 Å². The number of aromatic hydroxyl groups is 1. The third kappa shape index (κ3) is 3.52. The second-order valence-corrected chi connectivity index (χ2v) is 6.71. The monoisotopic (exact) mass is 389 g/mol. The van der Waals surface area contributed by atoms with E-state index in [9.17, 15) is 9.90 Å². The summed E-state index contributed by atoms with van der Waals surface area (Å²) >= 11 is 5.95. The van der Waals surface area contributed by atoms with Crippen molar-refractivity contribution < 1.29 is 9.90 Å². The second-order valence-electron chi connectivity index (χ2n) is 6.27. The summed E-state index contributed by atoms with van der Waals surface area (Å²) in [5.41, 5.74) is 2.49. The quantitative estimate of drug-likeness (QED) is 0.437. The Morgan fingerprint density at radius 1 is 0.929 bits per heavy atom. The first kappa shape index (κ1) is 17.9. The lowest BCUT2D eigenvalue weighted by Crippen LogP contribution is -1.98. The molecule has 1 amide bonds. The first-order valence-corrected chi connectivity index (χ1v) is 9.07. The molecule has 0 saturated heterocycles. The highest BCUT2D eigenvalue weighted by Crippen LogP contribution is 2.39. The SMILES string of the molecule is O=C(N=Nc1c(O)n(Cc2ccc(Cl)cc2)c2ccccc12)c1ccccc1. The van der Waals surface area contributed by atoms with Gasteiger partial charge in [0, 0.05) is 16.0 Å². The molecule has 0 aliphatic carbocycles. The van der Waals surface area contributed by atoms with E-state index in [0.717, 1.165) is 16.5 Å². The van der Waals surface area contributed by atoms with Crippen LogP contribution >= 0.6 is 11.6 Å². The number of amides is 1. The Labute approximate surface area is 166 Å². The molecule has 0 radical (unpaired) electrons. The zero-order valence-corrected chi connectivity index (χ0v) is 15.5. The van der Waals surface area contributed by atoms with Gasteiger partial charge in [0.05, 0.1) is 12.1 Å². The fourth-order valence-corrected chi connectivity index (χ4v) is 3.16. The first-order valence-electron chi connectivity index (χ1n) is 8.69. The van der Waals surface area contributed by atoms with Crippen molar-refractivity contribution in [2.45, 2.75) is 6.54 Å². The highest BCUT2D eigenvalue weighted by Gasteiger charge is 2.17. The van der Waals surface area contributed by atoms with Crippen molar-refractivity contribution in [1.82, 2.24) is 4.57 Å². The van der Waals surface area contributed by atoms with Gasteiger partial charge < -0.3 is 9.67 Å². The smallest absolute Gasteiger partial charge is 0.295 e. The molecule has 0 spiro atoms. The van der Waals surface area contributed by atoms with Crippen molar-refractivity contribution in [2.24, 2.45) is 10.2 Å². The molecule has 0 fully saturated rings. The third-order valence-corrected chi connectivity index (χ3v) is 4.68. The fourth-order valence-electron chi connectivity index (χ4n) is 3.04. The molecule has 0 saturated carbocycles. The Kier molecular flexibility index (Phi) is 4.91. The lowest BCUT2D eigenvalue weighted by atomic mass is 10.2. The van der Waals surface area contributed by atoms with Gasteiger partial charge in [-0.15, -0.1) is 10.2 Å². The molecule has 1 aromatic heterocycles. The number of hydrogen-bond acceptors (Lipinski definition) is 3. The van der Waals surface area contributed by atoms with Crippen LogP contribution in [0.15, 0.2) is 89.1 Å². The highest BCUT2D eigenvalue weighted by molar-refractivity contribution is 6.30. The molecule has 5 nitrogen and oxygen atoms in total. The molecule has 3 aromatic carbocycles. The molecule has 1 N–H and O–H groups in total. The highest BCUT2D eigenvalue weighted by atomic mass is 35.5. The lowest BCUT2D eigenvalue weighted by Gasteiger charge is -2.07. The normalized spacial score (nSPS) is 11.3. The standard InChI is InChI=1S/C22H16ClN3O2/c23-17-12-10-15(11-13-17)14-26-19-9-5-4-8-18(19)20(22(26)28)24-25-21(27)16-6-2-1-3-7-16/h1-13,28H,14H2. The number of nitrogens with zero attached hydrogens (tertiary/aromatic N) is 3. The summed E-state index contributed by atoms with van der Waals surface area (Å²) in [6, 6.07) is 23.6. The van der Waals surface area contributed by atoms with E-state index in [0.29, 0.717) is 17.1 Å². The van der Waals surface area contributed by atoms with Crippen LogP contribution in [0.25, 0.3) is 10.9 Å². The molecule has 0 atom stereocenters. The van der Waals surface area contributed by atoms with Crippen LogP contribution in [-0.2, 0) is 6.54 Å². The van der Waals surface area contributed by atoms with Crippen molar-refractivity contribution in [3.8, 4) is 5.88 Å². The van der Waals surface area contributed by atoms with Crippen molar-refractivity contribution >= 4 is 34.1 Å². The van der Waals surface area contributed by atoms with Crippen molar-refractivity contribution in [3.05, 3.63) is 95.0 Å². The number of para-hydroxylation sites is 1. The van der Waals surface area contributed by atoms with Gasteiger partial charge in [-0.2, -0.15) is 0 Å². The van der Waals surface area contributed by atoms with Crippen LogP contribution in [0, 0.1) is 0 Å². The minimum Gasteiger partial charge on any atom is -0.493 e. The number of aromatic nitrogens is 1. The molecule has 0 unspecified atom stereocenters. The van der Waals surface area contributed by atoms with Gasteiger partial charge in [-0.3, -0.25) is 4.79 Å². The Hall–Kier alpha value is -3.44. The number of halogens is 1. The van der Waals surface area contributed by atoms with E-state index >= 15 is 0 Å². The van der Waals surface area contributed by atoms with Crippen LogP contribution in [0.3, 0.4) is 0 Å². The molecule has 0 aliphatic heterocycles. The van der Waals surface area contributed by atoms with Gasteiger partial charge in [0.2, 0.25) is 5.88 Å². The Bertz CT molecular complexity index is 1170. The molecule has 0 bridgehead atoms. The van der Waals surface area contributed by atoms with Crippen LogP contribution in [0.4, 0.5) is 5.69 Å². The van der Waals surface area contributed by atoms with E-state index in [-0.39, 0.29) is 11.6 Å². The molecule has 6 heteroatoms. The van der Waals surface area contributed by atoms with Crippen LogP contribution < -0.4 is 0 Å². The predicted molar refractivity (Wildman–Crippen MR) is 109 cm³/mol. The van der Waals surface area contributed by atoms with E-state index < -0.39 is 5.91 Å². The van der Waals surface area contributed by atoms with Crippen LogP contribution in [0.2, 0.25) is 5.02 Å². The first-order chi connectivity index (χ1) is 13.6. The van der Waals surface area contributed by atoms with Crippen LogP contribution in [0.1, 0.15) is 15.9 Å². The van der Waals surface area contributed by atoms with Crippen LogP contribution in [0.5, 0.6) is 5.88 Å². The molecule has 4 rings (SSSR count). The van der Waals surface area contributed by atoms with Gasteiger partial charge in [0.25, 0.3) is 5.91 Å². The Morgan fingerprint density at radius 2 is 1.61 bits per heavy atom. The summed E-state index contributed by atoms with van der Waals surface area (Å²) in [5.74, 6) is -0.504. The maximum atomic E-state index is 12.2. The summed E-state index contributed by atoms with van der Waals surface area (Å²) in [6.07, 6.45) is 0. The fraction of sp³-hybridized carbons (Fsp3) is 0.0455. The van der Waals surface area contributed by atoms with E-state index in [1.807, 2.05) is 42.5 Å². The largest absolute Gasteiger partial charge is 0.493 e.